The number of pyridine rings is 1. The maximum absolute atomic E-state index is 12.4. The number of methoxy groups -OCH3 is 1. The molecule has 146 valence electrons. The molecule has 0 fully saturated rings. The molecule has 0 aliphatic carbocycles. The molecule has 2 N–H and O–H groups in total. The molecular formula is C21H28ClN3O2. The molecule has 2 aromatic rings. The lowest BCUT2D eigenvalue weighted by Gasteiger charge is -2.23. The Morgan fingerprint density at radius 1 is 1.26 bits per heavy atom. The number of nitrogens with zero attached hydrogens (tertiary/aromatic N) is 1. The van der Waals surface area contributed by atoms with Crippen LogP contribution in [0.4, 0.5) is 0 Å². The van der Waals surface area contributed by atoms with Crippen LogP contribution in [0.5, 0.6) is 5.75 Å². The molecule has 6 heteroatoms. The Bertz CT molecular complexity index is 795. The Labute approximate surface area is 166 Å². The van der Waals surface area contributed by atoms with Gasteiger partial charge in [0.05, 0.1) is 7.11 Å². The summed E-state index contributed by atoms with van der Waals surface area (Å²) < 4.78 is 5.39. The van der Waals surface area contributed by atoms with E-state index in [4.69, 9.17) is 16.3 Å². The van der Waals surface area contributed by atoms with Gasteiger partial charge in [-0.15, -0.1) is 0 Å². The molecule has 27 heavy (non-hydrogen) atoms. The summed E-state index contributed by atoms with van der Waals surface area (Å²) in [5.41, 5.74) is 3.92. The number of ether oxygens (including phenoxy) is 1. The minimum atomic E-state index is -0.213. The van der Waals surface area contributed by atoms with Crippen molar-refractivity contribution in [3.8, 4) is 5.75 Å². The van der Waals surface area contributed by atoms with Crippen LogP contribution in [0.15, 0.2) is 30.5 Å². The summed E-state index contributed by atoms with van der Waals surface area (Å²) in [4.78, 5) is 16.5. The number of halogens is 1. The Balaban J connectivity index is 1.99. The van der Waals surface area contributed by atoms with E-state index in [1.165, 1.54) is 17.3 Å². The second-order valence-corrected chi connectivity index (χ2v) is 7.11. The molecular weight excluding hydrogens is 362 g/mol. The lowest BCUT2D eigenvalue weighted by atomic mass is 9.97. The van der Waals surface area contributed by atoms with E-state index in [2.05, 4.69) is 42.5 Å². The van der Waals surface area contributed by atoms with Crippen LogP contribution in [0.3, 0.4) is 0 Å². The largest absolute Gasteiger partial charge is 0.496 e. The van der Waals surface area contributed by atoms with Crippen molar-refractivity contribution in [2.45, 2.75) is 46.2 Å². The highest BCUT2D eigenvalue weighted by Gasteiger charge is 2.17. The quantitative estimate of drug-likeness (QED) is 0.709. The molecule has 5 nitrogen and oxygen atoms in total. The van der Waals surface area contributed by atoms with Gasteiger partial charge in [0.2, 0.25) is 0 Å². The molecule has 2 rings (SSSR count). The fraction of sp³-hybridized carbons (Fsp3) is 0.429. The van der Waals surface area contributed by atoms with Crippen LogP contribution in [0.2, 0.25) is 5.02 Å². The minimum absolute atomic E-state index is 0.000355. The highest BCUT2D eigenvalue weighted by Crippen LogP contribution is 2.27. The maximum atomic E-state index is 12.4. The van der Waals surface area contributed by atoms with Crippen molar-refractivity contribution in [1.82, 2.24) is 15.6 Å². The third kappa shape index (κ3) is 5.44. The Morgan fingerprint density at radius 2 is 2.00 bits per heavy atom. The van der Waals surface area contributed by atoms with Crippen LogP contribution in [-0.4, -0.2) is 30.6 Å². The minimum Gasteiger partial charge on any atom is -0.496 e. The molecule has 1 heterocycles. The lowest BCUT2D eigenvalue weighted by Crippen LogP contribution is -2.42. The van der Waals surface area contributed by atoms with Crippen molar-refractivity contribution in [2.75, 3.05) is 13.7 Å². The summed E-state index contributed by atoms with van der Waals surface area (Å²) >= 11 is 5.94. The van der Waals surface area contributed by atoms with Gasteiger partial charge < -0.3 is 15.4 Å². The summed E-state index contributed by atoms with van der Waals surface area (Å²) in [7, 11) is 1.69. The van der Waals surface area contributed by atoms with Gasteiger partial charge in [-0.3, -0.25) is 9.78 Å². The van der Waals surface area contributed by atoms with E-state index in [1.54, 1.807) is 19.2 Å². The molecule has 1 amide bonds. The number of hydrogen-bond donors (Lipinski definition) is 2. The number of rotatable bonds is 8. The first-order valence-corrected chi connectivity index (χ1v) is 9.55. The molecule has 0 spiro atoms. The molecule has 2 atom stereocenters. The van der Waals surface area contributed by atoms with E-state index in [0.29, 0.717) is 17.3 Å². The molecule has 1 aromatic carbocycles. The molecule has 1 unspecified atom stereocenters. The highest BCUT2D eigenvalue weighted by molar-refractivity contribution is 6.30. The average Bonchev–Trinajstić information content (AvgIpc) is 2.66. The number of benzene rings is 1. The summed E-state index contributed by atoms with van der Waals surface area (Å²) in [6.45, 7) is 9.01. The predicted octanol–water partition coefficient (Wildman–Crippen LogP) is 4.22. The van der Waals surface area contributed by atoms with Gasteiger partial charge >= 0.3 is 0 Å². The molecule has 0 saturated carbocycles. The van der Waals surface area contributed by atoms with Crippen molar-refractivity contribution in [1.29, 1.82) is 0 Å². The number of amides is 1. The lowest BCUT2D eigenvalue weighted by molar-refractivity contribution is 0.0929. The monoisotopic (exact) mass is 389 g/mol. The van der Waals surface area contributed by atoms with E-state index in [0.717, 1.165) is 17.7 Å². The number of aromatic nitrogens is 1. The van der Waals surface area contributed by atoms with Gasteiger partial charge in [-0.2, -0.15) is 0 Å². The fourth-order valence-corrected chi connectivity index (χ4v) is 3.18. The molecule has 1 aromatic heterocycles. The number of hydrogen-bond acceptors (Lipinski definition) is 4. The smallest absolute Gasteiger partial charge is 0.270 e. The van der Waals surface area contributed by atoms with E-state index in [1.807, 2.05) is 13.0 Å². The van der Waals surface area contributed by atoms with Gasteiger partial charge in [0.1, 0.15) is 11.4 Å². The second-order valence-electron chi connectivity index (χ2n) is 6.67. The van der Waals surface area contributed by atoms with E-state index in [-0.39, 0.29) is 18.0 Å². The van der Waals surface area contributed by atoms with Crippen molar-refractivity contribution in [2.24, 2.45) is 0 Å². The standard InChI is InChI=1S/C21H28ClN3O2/c1-6-17(25-21(26)19-11-16(22)9-10-23-19)12-24-15(4)18-7-8-20(27-5)14(3)13(18)2/h7-11,15,17,24H,6,12H2,1-5H3,(H,25,26)/t15?,17-/m1/s1. The van der Waals surface area contributed by atoms with Crippen molar-refractivity contribution < 1.29 is 9.53 Å². The third-order valence-electron chi connectivity index (χ3n) is 4.92. The number of nitrogens with one attached hydrogen (secondary N) is 2. The van der Waals surface area contributed by atoms with Gasteiger partial charge in [-0.1, -0.05) is 24.6 Å². The first kappa shape index (κ1) is 21.2. The van der Waals surface area contributed by atoms with Crippen molar-refractivity contribution in [3.05, 3.63) is 57.9 Å². The summed E-state index contributed by atoms with van der Waals surface area (Å²) in [5, 5.41) is 7.04. The van der Waals surface area contributed by atoms with Gasteiger partial charge in [0.25, 0.3) is 5.91 Å². The number of carbonyl (C=O) groups is 1. The van der Waals surface area contributed by atoms with Crippen molar-refractivity contribution >= 4 is 17.5 Å². The van der Waals surface area contributed by atoms with E-state index >= 15 is 0 Å². The summed E-state index contributed by atoms with van der Waals surface area (Å²) in [6.07, 6.45) is 2.35. The molecule has 0 bridgehead atoms. The SMILES string of the molecule is CC[C@H](CNC(C)c1ccc(OC)c(C)c1C)NC(=O)c1cc(Cl)ccn1. The summed E-state index contributed by atoms with van der Waals surface area (Å²) in [6, 6.07) is 7.47. The topological polar surface area (TPSA) is 63.2 Å². The molecule has 0 aliphatic rings. The number of carbonyl (C=O) groups excluding carboxylic acids is 1. The molecule has 0 radical (unpaired) electrons. The molecule has 0 aliphatic heterocycles. The fourth-order valence-electron chi connectivity index (χ4n) is 3.02. The Kier molecular flexibility index (Phi) is 7.63. The Morgan fingerprint density at radius 3 is 2.63 bits per heavy atom. The average molecular weight is 390 g/mol. The van der Waals surface area contributed by atoms with Gasteiger partial charge in [-0.25, -0.2) is 0 Å². The maximum Gasteiger partial charge on any atom is 0.270 e. The van der Waals surface area contributed by atoms with E-state index in [9.17, 15) is 4.79 Å². The van der Waals surface area contributed by atoms with Crippen LogP contribution in [-0.2, 0) is 0 Å². The zero-order valence-corrected chi connectivity index (χ0v) is 17.4. The van der Waals surface area contributed by atoms with Crippen LogP contribution in [0, 0.1) is 13.8 Å². The van der Waals surface area contributed by atoms with Crippen LogP contribution < -0.4 is 15.4 Å². The van der Waals surface area contributed by atoms with Crippen LogP contribution in [0.25, 0.3) is 0 Å². The van der Waals surface area contributed by atoms with Gasteiger partial charge in [-0.05, 0) is 62.1 Å². The zero-order chi connectivity index (χ0) is 20.0. The van der Waals surface area contributed by atoms with Gasteiger partial charge in [0.15, 0.2) is 0 Å². The zero-order valence-electron chi connectivity index (χ0n) is 16.6. The van der Waals surface area contributed by atoms with Crippen LogP contribution >= 0.6 is 11.6 Å². The first-order chi connectivity index (χ1) is 12.9. The van der Waals surface area contributed by atoms with E-state index < -0.39 is 0 Å². The van der Waals surface area contributed by atoms with Gasteiger partial charge in [0, 0.05) is 29.8 Å². The highest BCUT2D eigenvalue weighted by atomic mass is 35.5. The summed E-state index contributed by atoms with van der Waals surface area (Å²) in [5.74, 6) is 0.687. The normalized spacial score (nSPS) is 13.1. The van der Waals surface area contributed by atoms with Crippen LogP contribution in [0.1, 0.15) is 53.5 Å². The third-order valence-corrected chi connectivity index (χ3v) is 5.15. The second kappa shape index (κ2) is 9.72. The Hall–Kier alpha value is -2.11. The predicted molar refractivity (Wildman–Crippen MR) is 110 cm³/mol. The van der Waals surface area contributed by atoms with Crippen molar-refractivity contribution in [3.63, 3.8) is 0 Å². The first-order valence-electron chi connectivity index (χ1n) is 9.17. The molecule has 0 saturated heterocycles.